The smallest absolute Gasteiger partial charge is 0.408 e. The van der Waals surface area contributed by atoms with E-state index >= 15 is 0 Å². The molecule has 0 aliphatic heterocycles. The summed E-state index contributed by atoms with van der Waals surface area (Å²) >= 11 is 1.53. The molecular weight excluding hydrogens is 464 g/mol. The molecule has 1 aromatic carbocycles. The molecule has 2 unspecified atom stereocenters. The molecule has 35 heavy (non-hydrogen) atoms. The van der Waals surface area contributed by atoms with Gasteiger partial charge in [-0.25, -0.2) is 4.79 Å². The number of carbonyl (C=O) groups is 3. The number of aryl methyl sites for hydroxylation is 1. The van der Waals surface area contributed by atoms with Crippen molar-refractivity contribution in [3.8, 4) is 6.07 Å². The van der Waals surface area contributed by atoms with Crippen LogP contribution in [0.25, 0.3) is 0 Å². The number of amides is 3. The Morgan fingerprint density at radius 2 is 1.71 bits per heavy atom. The molecule has 0 radical (unpaired) electrons. The molecule has 9 heteroatoms. The average molecular weight is 505 g/mol. The summed E-state index contributed by atoms with van der Waals surface area (Å²) in [6.07, 6.45) is 2.33. The van der Waals surface area contributed by atoms with Crippen molar-refractivity contribution in [1.29, 1.82) is 5.26 Å². The highest BCUT2D eigenvalue weighted by Crippen LogP contribution is 2.25. The highest BCUT2D eigenvalue weighted by Gasteiger charge is 2.37. The Hall–Kier alpha value is -2.73. The van der Waals surface area contributed by atoms with E-state index in [1.165, 1.54) is 16.7 Å². The lowest BCUT2D eigenvalue weighted by atomic mass is 9.99. The molecule has 1 rings (SSSR count). The number of nitrogens with zero attached hydrogens (tertiary/aromatic N) is 2. The predicted molar refractivity (Wildman–Crippen MR) is 140 cm³/mol. The van der Waals surface area contributed by atoms with Crippen LogP contribution in [0.4, 0.5) is 4.79 Å². The van der Waals surface area contributed by atoms with Crippen molar-refractivity contribution >= 4 is 29.7 Å². The van der Waals surface area contributed by atoms with Gasteiger partial charge in [-0.2, -0.15) is 17.0 Å². The van der Waals surface area contributed by atoms with E-state index in [-0.39, 0.29) is 6.54 Å². The van der Waals surface area contributed by atoms with E-state index in [0.29, 0.717) is 17.7 Å². The summed E-state index contributed by atoms with van der Waals surface area (Å²) in [7, 11) is 0. The van der Waals surface area contributed by atoms with Crippen LogP contribution in [-0.4, -0.2) is 58.5 Å². The van der Waals surface area contributed by atoms with Gasteiger partial charge in [0.15, 0.2) is 0 Å². The fraction of sp³-hybridized carbons (Fsp3) is 0.615. The predicted octanol–water partition coefficient (Wildman–Crippen LogP) is 4.20. The Balaban J connectivity index is 3.44. The van der Waals surface area contributed by atoms with E-state index in [4.69, 9.17) is 4.74 Å². The van der Waals surface area contributed by atoms with Crippen LogP contribution >= 0.6 is 11.8 Å². The SMILES string of the molecule is CCc1ccc(C(C(=O)NC(C)(C)C)N(CC#N)C(=O)C(CCSC)NC(=O)OC(C)(C)C)cc1. The number of carbonyl (C=O) groups excluding carboxylic acids is 3. The summed E-state index contributed by atoms with van der Waals surface area (Å²) in [5.41, 5.74) is 0.395. The van der Waals surface area contributed by atoms with Crippen molar-refractivity contribution in [2.24, 2.45) is 0 Å². The van der Waals surface area contributed by atoms with Crippen molar-refractivity contribution in [3.63, 3.8) is 0 Å². The van der Waals surface area contributed by atoms with Gasteiger partial charge in [-0.3, -0.25) is 9.59 Å². The number of nitriles is 1. The normalized spacial score (nSPS) is 13.2. The molecule has 0 heterocycles. The van der Waals surface area contributed by atoms with Crippen LogP contribution in [0.5, 0.6) is 0 Å². The zero-order valence-electron chi connectivity index (χ0n) is 22.2. The Morgan fingerprint density at radius 1 is 1.11 bits per heavy atom. The highest BCUT2D eigenvalue weighted by atomic mass is 32.2. The first-order valence-electron chi connectivity index (χ1n) is 11.8. The molecule has 0 spiro atoms. The van der Waals surface area contributed by atoms with Gasteiger partial charge in [0.1, 0.15) is 24.2 Å². The lowest BCUT2D eigenvalue weighted by molar-refractivity contribution is -0.142. The first kappa shape index (κ1) is 30.3. The summed E-state index contributed by atoms with van der Waals surface area (Å²) in [5.74, 6) is -0.317. The number of rotatable bonds is 10. The Labute approximate surface area is 214 Å². The molecule has 194 valence electrons. The van der Waals surface area contributed by atoms with Gasteiger partial charge in [0.2, 0.25) is 11.8 Å². The molecule has 1 aromatic rings. The van der Waals surface area contributed by atoms with Crippen LogP contribution in [-0.2, 0) is 20.7 Å². The van der Waals surface area contributed by atoms with E-state index in [0.717, 1.165) is 12.0 Å². The van der Waals surface area contributed by atoms with Gasteiger partial charge in [0.25, 0.3) is 0 Å². The number of nitrogens with one attached hydrogen (secondary N) is 2. The van der Waals surface area contributed by atoms with Crippen molar-refractivity contribution in [3.05, 3.63) is 35.4 Å². The minimum absolute atomic E-state index is 0.317. The van der Waals surface area contributed by atoms with E-state index in [1.54, 1.807) is 20.8 Å². The molecular formula is C26H40N4O4S. The summed E-state index contributed by atoms with van der Waals surface area (Å²) in [4.78, 5) is 40.9. The second kappa shape index (κ2) is 13.4. The monoisotopic (exact) mass is 504 g/mol. The van der Waals surface area contributed by atoms with Gasteiger partial charge < -0.3 is 20.3 Å². The number of thioether (sulfide) groups is 1. The maximum Gasteiger partial charge on any atom is 0.408 e. The van der Waals surface area contributed by atoms with Crippen LogP contribution in [0.2, 0.25) is 0 Å². The molecule has 2 N–H and O–H groups in total. The molecule has 0 bridgehead atoms. The van der Waals surface area contributed by atoms with E-state index in [2.05, 4.69) is 10.6 Å². The zero-order valence-corrected chi connectivity index (χ0v) is 23.0. The third kappa shape index (κ3) is 10.6. The Bertz CT molecular complexity index is 898. The zero-order chi connectivity index (χ0) is 26.8. The van der Waals surface area contributed by atoms with E-state index in [9.17, 15) is 19.6 Å². The first-order valence-corrected chi connectivity index (χ1v) is 13.2. The summed E-state index contributed by atoms with van der Waals surface area (Å²) in [6.45, 7) is 12.5. The molecule has 2 atom stereocenters. The van der Waals surface area contributed by atoms with Crippen LogP contribution < -0.4 is 10.6 Å². The summed E-state index contributed by atoms with van der Waals surface area (Å²) in [5, 5.41) is 15.2. The molecule has 0 fully saturated rings. The molecule has 8 nitrogen and oxygen atoms in total. The quantitative estimate of drug-likeness (QED) is 0.462. The maximum absolute atomic E-state index is 13.8. The second-order valence-electron chi connectivity index (χ2n) is 10.3. The number of benzene rings is 1. The largest absolute Gasteiger partial charge is 0.444 e. The van der Waals surface area contributed by atoms with Crippen molar-refractivity contribution in [2.45, 2.75) is 84.5 Å². The van der Waals surface area contributed by atoms with Gasteiger partial charge in [-0.15, -0.1) is 0 Å². The topological polar surface area (TPSA) is 112 Å². The fourth-order valence-electron chi connectivity index (χ4n) is 3.36. The van der Waals surface area contributed by atoms with Crippen molar-refractivity contribution in [2.75, 3.05) is 18.6 Å². The van der Waals surface area contributed by atoms with Gasteiger partial charge in [0.05, 0.1) is 6.07 Å². The molecule has 0 aliphatic carbocycles. The number of ether oxygens (including phenoxy) is 1. The van der Waals surface area contributed by atoms with E-state index < -0.39 is 41.1 Å². The Kier molecular flexibility index (Phi) is 11.6. The second-order valence-corrected chi connectivity index (χ2v) is 11.3. The van der Waals surface area contributed by atoms with E-state index in [1.807, 2.05) is 64.3 Å². The van der Waals surface area contributed by atoms with Crippen LogP contribution in [0.3, 0.4) is 0 Å². The molecule has 0 aliphatic rings. The number of hydrogen-bond acceptors (Lipinski definition) is 6. The van der Waals surface area contributed by atoms with Gasteiger partial charge in [-0.1, -0.05) is 31.2 Å². The number of hydrogen-bond donors (Lipinski definition) is 2. The van der Waals surface area contributed by atoms with Crippen LogP contribution in [0.15, 0.2) is 24.3 Å². The third-order valence-corrected chi connectivity index (χ3v) is 5.53. The van der Waals surface area contributed by atoms with Gasteiger partial charge in [0, 0.05) is 5.54 Å². The van der Waals surface area contributed by atoms with Crippen molar-refractivity contribution in [1.82, 2.24) is 15.5 Å². The molecule has 0 aromatic heterocycles. The van der Waals surface area contributed by atoms with Crippen molar-refractivity contribution < 1.29 is 19.1 Å². The van der Waals surface area contributed by atoms with Gasteiger partial charge in [-0.05, 0) is 77.5 Å². The van der Waals surface area contributed by atoms with Crippen LogP contribution in [0.1, 0.15) is 72.1 Å². The lowest BCUT2D eigenvalue weighted by Crippen LogP contribution is -2.54. The standard InChI is InChI=1S/C26H40N4O4S/c1-9-18-10-12-19(13-11-18)21(22(31)29-25(2,3)4)30(16-15-27)23(32)20(14-17-35-8)28-24(33)34-26(5,6)7/h10-13,20-21H,9,14,16-17H2,1-8H3,(H,28,33)(H,29,31). The molecule has 3 amide bonds. The highest BCUT2D eigenvalue weighted by molar-refractivity contribution is 7.98. The lowest BCUT2D eigenvalue weighted by Gasteiger charge is -2.34. The average Bonchev–Trinajstić information content (AvgIpc) is 2.73. The van der Waals surface area contributed by atoms with Gasteiger partial charge >= 0.3 is 6.09 Å². The third-order valence-electron chi connectivity index (χ3n) is 4.89. The number of alkyl carbamates (subject to hydrolysis) is 1. The summed E-state index contributed by atoms with van der Waals surface area (Å²) in [6, 6.07) is 7.46. The van der Waals surface area contributed by atoms with Crippen LogP contribution in [0, 0.1) is 11.3 Å². The summed E-state index contributed by atoms with van der Waals surface area (Å²) < 4.78 is 5.35. The fourth-order valence-corrected chi connectivity index (χ4v) is 3.83. The molecule has 0 saturated carbocycles. The minimum atomic E-state index is -1.04. The minimum Gasteiger partial charge on any atom is -0.444 e. The maximum atomic E-state index is 13.8. The molecule has 0 saturated heterocycles. The Morgan fingerprint density at radius 3 is 2.17 bits per heavy atom. The first-order chi connectivity index (χ1) is 16.2.